The van der Waals surface area contributed by atoms with Gasteiger partial charge in [-0.3, -0.25) is 9.36 Å². The summed E-state index contributed by atoms with van der Waals surface area (Å²) in [5, 5.41) is 0.615. The number of nitrogens with zero attached hydrogens (tertiary/aromatic N) is 2. The van der Waals surface area contributed by atoms with E-state index in [1.165, 1.54) is 23.0 Å². The summed E-state index contributed by atoms with van der Waals surface area (Å²) in [6, 6.07) is 15.6. The first-order chi connectivity index (χ1) is 22.2. The second kappa shape index (κ2) is 14.6. The number of methoxy groups -OCH3 is 2. The van der Waals surface area contributed by atoms with Gasteiger partial charge in [0.25, 0.3) is 5.56 Å². The third kappa shape index (κ3) is 6.72. The van der Waals surface area contributed by atoms with E-state index in [-0.39, 0.29) is 24.3 Å². The van der Waals surface area contributed by atoms with E-state index in [0.717, 1.165) is 5.56 Å². The Kier molecular flexibility index (Phi) is 10.6. The fraction of sp³-hybridized carbons (Fsp3) is 0.265. The molecule has 5 rings (SSSR count). The quantitative estimate of drug-likeness (QED) is 0.170. The minimum absolute atomic E-state index is 0.167. The number of allylic oxidation sites excluding steroid dienone is 1. The first-order valence-corrected chi connectivity index (χ1v) is 16.4. The zero-order chi connectivity index (χ0) is 33.0. The maximum Gasteiger partial charge on any atom is 0.338 e. The Labute approximate surface area is 283 Å². The van der Waals surface area contributed by atoms with E-state index < -0.39 is 12.0 Å². The Balaban J connectivity index is 1.60. The number of carbonyl (C=O) groups excluding carboxylic acids is 1. The van der Waals surface area contributed by atoms with Gasteiger partial charge < -0.3 is 23.7 Å². The molecule has 12 heteroatoms. The molecule has 0 saturated heterocycles. The Morgan fingerprint density at radius 1 is 1.00 bits per heavy atom. The molecule has 240 valence electrons. The van der Waals surface area contributed by atoms with Gasteiger partial charge in [-0.25, -0.2) is 9.79 Å². The monoisotopic (exact) mass is 726 g/mol. The highest BCUT2D eigenvalue weighted by Crippen LogP contribution is 2.41. The Hall–Kier alpha value is -4.06. The molecule has 0 fully saturated rings. The van der Waals surface area contributed by atoms with Gasteiger partial charge in [0.1, 0.15) is 6.61 Å². The lowest BCUT2D eigenvalue weighted by Crippen LogP contribution is -2.40. The molecule has 4 aromatic rings. The van der Waals surface area contributed by atoms with Gasteiger partial charge in [0.15, 0.2) is 27.8 Å². The standard InChI is InChI=1S/C34H32BrClN2O7S/c1-6-43-28-17-23(35)22(16-27(28)42-5)31-30(33(40)44-7-2)19(3)37-34-38(31)32(39)29(46-34)15-20-12-13-25(26(14-20)41-4)45-18-21-10-8-9-11-24(21)36/h8-17,31H,6-7,18H2,1-5H3/b29-15+/t31-/m0/s1. The zero-order valence-corrected chi connectivity index (χ0v) is 29.0. The first kappa shape index (κ1) is 33.3. The van der Waals surface area contributed by atoms with Crippen LogP contribution in [0.4, 0.5) is 0 Å². The molecule has 3 aromatic carbocycles. The summed E-state index contributed by atoms with van der Waals surface area (Å²) in [4.78, 5) is 32.6. The SMILES string of the molecule is CCOC(=O)C1=C(C)N=c2s/c(=C/c3ccc(OCc4ccccc4Cl)c(OC)c3)c(=O)n2[C@H]1c1cc(OC)c(OCC)cc1Br. The number of aromatic nitrogens is 1. The molecule has 0 bridgehead atoms. The number of carbonyl (C=O) groups is 1. The van der Waals surface area contributed by atoms with Gasteiger partial charge in [0.2, 0.25) is 0 Å². The summed E-state index contributed by atoms with van der Waals surface area (Å²) in [6.45, 7) is 6.21. The van der Waals surface area contributed by atoms with Crippen LogP contribution in [0.3, 0.4) is 0 Å². The van der Waals surface area contributed by atoms with E-state index in [1.807, 2.05) is 37.3 Å². The van der Waals surface area contributed by atoms with Crippen molar-refractivity contribution in [3.63, 3.8) is 0 Å². The van der Waals surface area contributed by atoms with Crippen molar-refractivity contribution in [2.24, 2.45) is 4.99 Å². The third-order valence-electron chi connectivity index (χ3n) is 7.22. The lowest BCUT2D eigenvalue weighted by Gasteiger charge is -2.26. The van der Waals surface area contributed by atoms with Crippen molar-refractivity contribution in [1.82, 2.24) is 4.57 Å². The minimum atomic E-state index is -0.841. The van der Waals surface area contributed by atoms with Crippen molar-refractivity contribution < 1.29 is 28.5 Å². The van der Waals surface area contributed by atoms with Gasteiger partial charge in [-0.1, -0.05) is 63.1 Å². The van der Waals surface area contributed by atoms with Crippen LogP contribution in [0.1, 0.15) is 43.5 Å². The van der Waals surface area contributed by atoms with E-state index >= 15 is 0 Å². The molecule has 1 aliphatic rings. The fourth-order valence-corrected chi connectivity index (χ4v) is 6.87. The number of esters is 1. The maximum atomic E-state index is 14.2. The van der Waals surface area contributed by atoms with Crippen molar-refractivity contribution in [3.05, 3.63) is 112 Å². The van der Waals surface area contributed by atoms with Crippen molar-refractivity contribution in [2.75, 3.05) is 27.4 Å². The van der Waals surface area contributed by atoms with Gasteiger partial charge in [-0.15, -0.1) is 0 Å². The molecule has 0 amide bonds. The largest absolute Gasteiger partial charge is 0.493 e. The van der Waals surface area contributed by atoms with Crippen LogP contribution in [0.2, 0.25) is 5.02 Å². The van der Waals surface area contributed by atoms with Crippen LogP contribution in [0.25, 0.3) is 6.08 Å². The van der Waals surface area contributed by atoms with Gasteiger partial charge in [-0.2, -0.15) is 0 Å². The number of hydrogen-bond acceptors (Lipinski definition) is 9. The normalized spacial score (nSPS) is 14.4. The lowest BCUT2D eigenvalue weighted by atomic mass is 9.95. The molecule has 1 aliphatic heterocycles. The summed E-state index contributed by atoms with van der Waals surface area (Å²) < 4.78 is 31.0. The number of ether oxygens (including phenoxy) is 5. The highest BCUT2D eigenvalue weighted by atomic mass is 79.9. The van der Waals surface area contributed by atoms with Crippen LogP contribution in [-0.2, 0) is 16.1 Å². The average Bonchev–Trinajstić information content (AvgIpc) is 3.34. The molecular formula is C34H32BrClN2O7S. The molecule has 9 nitrogen and oxygen atoms in total. The van der Waals surface area contributed by atoms with E-state index in [1.54, 1.807) is 51.3 Å². The molecular weight excluding hydrogens is 696 g/mol. The molecule has 2 heterocycles. The van der Waals surface area contributed by atoms with Crippen LogP contribution >= 0.6 is 38.9 Å². The molecule has 0 saturated carbocycles. The third-order valence-corrected chi connectivity index (χ3v) is 9.26. The van der Waals surface area contributed by atoms with E-state index in [4.69, 9.17) is 35.3 Å². The number of halogens is 2. The molecule has 0 radical (unpaired) electrons. The predicted molar refractivity (Wildman–Crippen MR) is 181 cm³/mol. The molecule has 0 unspecified atom stereocenters. The summed E-state index contributed by atoms with van der Waals surface area (Å²) >= 11 is 11.2. The summed E-state index contributed by atoms with van der Waals surface area (Å²) in [5.74, 6) is 1.46. The minimum Gasteiger partial charge on any atom is -0.493 e. The van der Waals surface area contributed by atoms with E-state index in [9.17, 15) is 9.59 Å². The number of thiazole rings is 1. The zero-order valence-electron chi connectivity index (χ0n) is 25.9. The number of rotatable bonds is 11. The molecule has 1 aromatic heterocycles. The van der Waals surface area contributed by atoms with Gasteiger partial charge in [0.05, 0.1) is 49.3 Å². The van der Waals surface area contributed by atoms with Crippen molar-refractivity contribution in [3.8, 4) is 23.0 Å². The van der Waals surface area contributed by atoms with Crippen molar-refractivity contribution in [2.45, 2.75) is 33.4 Å². The van der Waals surface area contributed by atoms with E-state index in [0.29, 0.717) is 65.3 Å². The van der Waals surface area contributed by atoms with E-state index in [2.05, 4.69) is 20.9 Å². The summed E-state index contributed by atoms with van der Waals surface area (Å²) in [5.41, 5.74) is 2.58. The summed E-state index contributed by atoms with van der Waals surface area (Å²) in [6.07, 6.45) is 1.76. The van der Waals surface area contributed by atoms with Crippen molar-refractivity contribution >= 4 is 50.9 Å². The van der Waals surface area contributed by atoms with Crippen LogP contribution in [0.5, 0.6) is 23.0 Å². The molecule has 0 N–H and O–H groups in total. The molecule has 46 heavy (non-hydrogen) atoms. The molecule has 1 atom stereocenters. The van der Waals surface area contributed by atoms with Crippen LogP contribution in [0.15, 0.2) is 80.1 Å². The Morgan fingerprint density at radius 3 is 2.43 bits per heavy atom. The smallest absolute Gasteiger partial charge is 0.338 e. The average molecular weight is 728 g/mol. The van der Waals surface area contributed by atoms with Crippen LogP contribution in [-0.4, -0.2) is 38.0 Å². The number of hydrogen-bond donors (Lipinski definition) is 0. The topological polar surface area (TPSA) is 97.6 Å². The molecule has 0 aliphatic carbocycles. The van der Waals surface area contributed by atoms with Crippen LogP contribution < -0.4 is 33.8 Å². The lowest BCUT2D eigenvalue weighted by molar-refractivity contribution is -0.139. The first-order valence-electron chi connectivity index (χ1n) is 14.4. The predicted octanol–water partition coefficient (Wildman–Crippen LogP) is 6.21. The Bertz CT molecular complexity index is 2000. The second-order valence-corrected chi connectivity index (χ2v) is 12.3. The van der Waals surface area contributed by atoms with Gasteiger partial charge in [-0.05, 0) is 68.3 Å². The highest BCUT2D eigenvalue weighted by Gasteiger charge is 2.35. The van der Waals surface area contributed by atoms with Gasteiger partial charge in [0, 0.05) is 15.1 Å². The van der Waals surface area contributed by atoms with Crippen molar-refractivity contribution in [1.29, 1.82) is 0 Å². The Morgan fingerprint density at radius 2 is 1.74 bits per heavy atom. The maximum absolute atomic E-state index is 14.2. The number of fused-ring (bicyclic) bond motifs is 1. The van der Waals surface area contributed by atoms with Gasteiger partial charge >= 0.3 is 5.97 Å². The number of benzene rings is 3. The highest BCUT2D eigenvalue weighted by molar-refractivity contribution is 9.10. The summed E-state index contributed by atoms with van der Waals surface area (Å²) in [7, 11) is 3.09. The molecule has 0 spiro atoms. The fourth-order valence-electron chi connectivity index (χ4n) is 5.09. The van der Waals surface area contributed by atoms with Crippen LogP contribution in [0, 0.1) is 0 Å². The second-order valence-electron chi connectivity index (χ2n) is 10.1.